The summed E-state index contributed by atoms with van der Waals surface area (Å²) in [5.41, 5.74) is -1.77. The van der Waals surface area contributed by atoms with Gasteiger partial charge in [0.25, 0.3) is 0 Å². The highest BCUT2D eigenvalue weighted by Gasteiger charge is 2.58. The van der Waals surface area contributed by atoms with Gasteiger partial charge >= 0.3 is 6.18 Å². The third-order valence-electron chi connectivity index (χ3n) is 11.2. The lowest BCUT2D eigenvalue weighted by molar-refractivity contribution is -0.145. The van der Waals surface area contributed by atoms with Gasteiger partial charge in [0.1, 0.15) is 12.6 Å². The van der Waals surface area contributed by atoms with E-state index >= 15 is 0 Å². The molecule has 5 atom stereocenters. The molecule has 0 saturated heterocycles. The van der Waals surface area contributed by atoms with Crippen LogP contribution in [0.25, 0.3) is 0 Å². The molecule has 0 aromatic heterocycles. The highest BCUT2D eigenvalue weighted by molar-refractivity contribution is 6.02. The van der Waals surface area contributed by atoms with Crippen molar-refractivity contribution in [2.75, 3.05) is 6.54 Å². The van der Waals surface area contributed by atoms with Gasteiger partial charge in [0.15, 0.2) is 11.6 Å². The molecule has 1 saturated carbocycles. The fourth-order valence-corrected chi connectivity index (χ4v) is 7.14. The summed E-state index contributed by atoms with van der Waals surface area (Å²) < 4.78 is 39.1. The number of nitrogens with zero attached hydrogens (tertiary/aromatic N) is 1. The van der Waals surface area contributed by atoms with Crippen LogP contribution < -0.4 is 5.32 Å². The van der Waals surface area contributed by atoms with Crippen LogP contribution in [0.15, 0.2) is 23.3 Å². The first kappa shape index (κ1) is 35.8. The van der Waals surface area contributed by atoms with Gasteiger partial charge in [-0.3, -0.25) is 14.4 Å². The Bertz CT molecular complexity index is 1180. The fourth-order valence-electron chi connectivity index (χ4n) is 7.14. The van der Waals surface area contributed by atoms with E-state index in [1.54, 1.807) is 19.1 Å². The number of rotatable bonds is 11. The van der Waals surface area contributed by atoms with Crippen LogP contribution in [0.4, 0.5) is 13.2 Å². The van der Waals surface area contributed by atoms with Gasteiger partial charge in [-0.15, -0.1) is 0 Å². The van der Waals surface area contributed by atoms with Crippen LogP contribution in [-0.4, -0.2) is 30.2 Å². The zero-order valence-corrected chi connectivity index (χ0v) is 27.3. The third kappa shape index (κ3) is 7.37. The standard InChI is InChI=1S/C34H51F3N2O3/c1-11-29(4,5)14-16-31(8,28(42)39-21-34(35,36)37)17-15-30(6,7)33(10)13-12-25-23(3)27(41)24(20-38)19-32(25,9)26(33)18-22(2)40/h18-19,23,25H,11-17,21H2,1-10H3,(H,39,42)/b26-18-/t23-,25-,31-,32-,33+/m0/s1. The second-order valence-electron chi connectivity index (χ2n) is 15.0. The van der Waals surface area contributed by atoms with E-state index in [-0.39, 0.29) is 34.4 Å². The van der Waals surface area contributed by atoms with E-state index < -0.39 is 40.3 Å². The van der Waals surface area contributed by atoms with Crippen molar-refractivity contribution in [3.63, 3.8) is 0 Å². The Hall–Kier alpha value is -2.43. The molecule has 2 aliphatic carbocycles. The van der Waals surface area contributed by atoms with Crippen molar-refractivity contribution in [2.45, 2.75) is 120 Å². The zero-order valence-electron chi connectivity index (χ0n) is 27.3. The van der Waals surface area contributed by atoms with Crippen molar-refractivity contribution in [2.24, 2.45) is 38.9 Å². The van der Waals surface area contributed by atoms with Gasteiger partial charge in [-0.2, -0.15) is 18.4 Å². The van der Waals surface area contributed by atoms with E-state index in [0.29, 0.717) is 32.1 Å². The Labute approximate surface area is 250 Å². The van der Waals surface area contributed by atoms with E-state index in [0.717, 1.165) is 18.4 Å². The number of nitriles is 1. The predicted octanol–water partition coefficient (Wildman–Crippen LogP) is 8.30. The van der Waals surface area contributed by atoms with E-state index in [1.165, 1.54) is 6.92 Å². The number of halogens is 3. The van der Waals surface area contributed by atoms with E-state index in [2.05, 4.69) is 52.9 Å². The molecule has 1 fully saturated rings. The van der Waals surface area contributed by atoms with E-state index in [9.17, 15) is 32.8 Å². The molecule has 1 N–H and O–H groups in total. The topological polar surface area (TPSA) is 87.0 Å². The maximum Gasteiger partial charge on any atom is 0.405 e. The van der Waals surface area contributed by atoms with Gasteiger partial charge in [-0.1, -0.05) is 80.4 Å². The average Bonchev–Trinajstić information content (AvgIpc) is 2.88. The van der Waals surface area contributed by atoms with Crippen LogP contribution in [0.5, 0.6) is 0 Å². The molecule has 8 heteroatoms. The van der Waals surface area contributed by atoms with E-state index in [1.807, 2.05) is 13.8 Å². The van der Waals surface area contributed by atoms with Gasteiger partial charge < -0.3 is 5.32 Å². The highest BCUT2D eigenvalue weighted by atomic mass is 19.4. The molecule has 0 heterocycles. The minimum Gasteiger partial charge on any atom is -0.347 e. The summed E-state index contributed by atoms with van der Waals surface area (Å²) in [6.07, 6.45) is 3.29. The maximum absolute atomic E-state index is 13.3. The number of allylic oxidation sites excluding steroid dienone is 4. The number of amides is 1. The quantitative estimate of drug-likeness (QED) is 0.245. The molecule has 0 bridgehead atoms. The first-order valence-electron chi connectivity index (χ1n) is 15.2. The van der Waals surface area contributed by atoms with Crippen LogP contribution >= 0.6 is 0 Å². The van der Waals surface area contributed by atoms with Crippen LogP contribution in [0, 0.1) is 50.2 Å². The van der Waals surface area contributed by atoms with Crippen LogP contribution in [-0.2, 0) is 14.4 Å². The molecular weight excluding hydrogens is 541 g/mol. The molecule has 2 rings (SSSR count). The molecule has 236 valence electrons. The minimum atomic E-state index is -4.50. The SMILES string of the molecule is CCC(C)(C)CC[C@@](C)(CCC(C)(C)[C@]1(C)CC[C@H]2[C@H](C)C(=O)C(C#N)=C[C@]2(C)/C1=C/C(C)=O)C(=O)NCC(F)(F)F. The number of hydrogen-bond acceptors (Lipinski definition) is 4. The summed E-state index contributed by atoms with van der Waals surface area (Å²) in [4.78, 5) is 38.9. The van der Waals surface area contributed by atoms with Gasteiger partial charge in [-0.05, 0) is 73.7 Å². The van der Waals surface area contributed by atoms with Crippen molar-refractivity contribution >= 4 is 17.5 Å². The van der Waals surface area contributed by atoms with Crippen LogP contribution in [0.1, 0.15) is 114 Å². The molecule has 0 unspecified atom stereocenters. The Balaban J connectivity index is 2.53. The second-order valence-corrected chi connectivity index (χ2v) is 15.0. The number of Topliss-reactive ketones (excluding diaryl/α,β-unsaturated/α-hetero) is 1. The number of fused-ring (bicyclic) bond motifs is 1. The number of hydrogen-bond donors (Lipinski definition) is 1. The molecule has 1 amide bonds. The summed E-state index contributed by atoms with van der Waals surface area (Å²) in [5.74, 6) is -1.31. The number of carbonyl (C=O) groups is 3. The van der Waals surface area contributed by atoms with Crippen molar-refractivity contribution in [3.8, 4) is 6.07 Å². The molecular formula is C34H51F3N2O3. The zero-order chi connectivity index (χ0) is 32.5. The first-order chi connectivity index (χ1) is 19.0. The van der Waals surface area contributed by atoms with Crippen molar-refractivity contribution < 1.29 is 27.6 Å². The number of carbonyl (C=O) groups excluding carboxylic acids is 3. The normalized spacial score (nSPS) is 29.3. The Morgan fingerprint density at radius 1 is 1.10 bits per heavy atom. The van der Waals surface area contributed by atoms with Crippen LogP contribution in [0.3, 0.4) is 0 Å². The molecule has 0 spiro atoms. The lowest BCUT2D eigenvalue weighted by atomic mass is 9.44. The van der Waals surface area contributed by atoms with Crippen molar-refractivity contribution in [1.29, 1.82) is 5.26 Å². The van der Waals surface area contributed by atoms with Gasteiger partial charge in [0, 0.05) is 16.7 Å². The molecule has 0 aliphatic heterocycles. The number of nitrogens with one attached hydrogen (secondary N) is 1. The summed E-state index contributed by atoms with van der Waals surface area (Å²) in [7, 11) is 0. The Morgan fingerprint density at radius 2 is 1.67 bits per heavy atom. The van der Waals surface area contributed by atoms with Gasteiger partial charge in [-0.25, -0.2) is 0 Å². The number of ketones is 2. The second kappa shape index (κ2) is 12.3. The number of alkyl halides is 3. The molecule has 42 heavy (non-hydrogen) atoms. The minimum absolute atomic E-state index is 0.0582. The molecule has 0 radical (unpaired) electrons. The summed E-state index contributed by atoms with van der Waals surface area (Å²) in [5, 5.41) is 11.9. The lowest BCUT2D eigenvalue weighted by Crippen LogP contribution is -2.53. The van der Waals surface area contributed by atoms with Gasteiger partial charge in [0.2, 0.25) is 5.91 Å². The lowest BCUT2D eigenvalue weighted by Gasteiger charge is -2.59. The highest BCUT2D eigenvalue weighted by Crippen LogP contribution is 2.65. The average molecular weight is 593 g/mol. The summed E-state index contributed by atoms with van der Waals surface area (Å²) in [6.45, 7) is 18.4. The molecule has 0 aromatic carbocycles. The Kier molecular flexibility index (Phi) is 10.5. The summed E-state index contributed by atoms with van der Waals surface area (Å²) in [6, 6.07) is 2.07. The maximum atomic E-state index is 13.3. The molecule has 5 nitrogen and oxygen atoms in total. The summed E-state index contributed by atoms with van der Waals surface area (Å²) >= 11 is 0. The van der Waals surface area contributed by atoms with E-state index in [4.69, 9.17) is 0 Å². The smallest absolute Gasteiger partial charge is 0.347 e. The first-order valence-corrected chi connectivity index (χ1v) is 15.2. The predicted molar refractivity (Wildman–Crippen MR) is 159 cm³/mol. The van der Waals surface area contributed by atoms with Crippen molar-refractivity contribution in [3.05, 3.63) is 23.3 Å². The third-order valence-corrected chi connectivity index (χ3v) is 11.2. The van der Waals surface area contributed by atoms with Gasteiger partial charge in [0.05, 0.1) is 5.57 Å². The fraction of sp³-hybridized carbons (Fsp3) is 0.765. The molecule has 2 aliphatic rings. The van der Waals surface area contributed by atoms with Crippen molar-refractivity contribution in [1.82, 2.24) is 5.32 Å². The Morgan fingerprint density at radius 3 is 2.17 bits per heavy atom. The molecule has 0 aromatic rings. The van der Waals surface area contributed by atoms with Crippen LogP contribution in [0.2, 0.25) is 0 Å². The monoisotopic (exact) mass is 592 g/mol. The largest absolute Gasteiger partial charge is 0.405 e.